The smallest absolute Gasteiger partial charge is 0.330 e. The number of aryl methyl sites for hydroxylation is 1. The van der Waals surface area contributed by atoms with Crippen molar-refractivity contribution in [3.8, 4) is 11.6 Å². The van der Waals surface area contributed by atoms with Crippen molar-refractivity contribution < 1.29 is 17.0 Å². The van der Waals surface area contributed by atoms with Crippen LogP contribution in [0, 0.1) is 12.8 Å². The minimum Gasteiger partial charge on any atom is -0.461 e. The van der Waals surface area contributed by atoms with Gasteiger partial charge in [0.2, 0.25) is 11.8 Å². The summed E-state index contributed by atoms with van der Waals surface area (Å²) in [5.41, 5.74) is 7.92. The Morgan fingerprint density at radius 2 is 1.89 bits per heavy atom. The number of anilines is 1. The molecule has 0 atom stereocenters. The highest BCUT2D eigenvalue weighted by molar-refractivity contribution is 7.86. The third kappa shape index (κ3) is 3.85. The largest absolute Gasteiger partial charge is 0.461 e. The van der Waals surface area contributed by atoms with Crippen molar-refractivity contribution >= 4 is 32.9 Å². The van der Waals surface area contributed by atoms with Crippen molar-refractivity contribution in [3.63, 3.8) is 0 Å². The molecule has 0 radical (unpaired) electrons. The van der Waals surface area contributed by atoms with Crippen LogP contribution in [-0.2, 0) is 27.4 Å². The Bertz CT molecular complexity index is 1740. The van der Waals surface area contributed by atoms with Crippen molar-refractivity contribution in [1.29, 1.82) is 0 Å². The van der Waals surface area contributed by atoms with E-state index in [-0.39, 0.29) is 29.7 Å². The molecule has 1 aromatic carbocycles. The first-order valence-electron chi connectivity index (χ1n) is 11.5. The fourth-order valence-corrected chi connectivity index (χ4v) is 5.05. The summed E-state index contributed by atoms with van der Waals surface area (Å²) in [6.45, 7) is 2.06. The first kappa shape index (κ1) is 22.5. The summed E-state index contributed by atoms with van der Waals surface area (Å²) in [6, 6.07) is 9.81. The second-order valence-corrected chi connectivity index (χ2v) is 10.5. The lowest BCUT2D eigenvalue weighted by Crippen LogP contribution is -2.27. The van der Waals surface area contributed by atoms with Gasteiger partial charge in [0.05, 0.1) is 24.3 Å². The molecule has 1 aliphatic rings. The average Bonchev–Trinajstić information content (AvgIpc) is 3.22. The molecular weight excluding hydrogens is 486 g/mol. The molecule has 6 rings (SSSR count). The van der Waals surface area contributed by atoms with Gasteiger partial charge in [-0.25, -0.2) is 9.78 Å². The van der Waals surface area contributed by atoms with Crippen LogP contribution in [0.1, 0.15) is 18.4 Å². The Kier molecular flexibility index (Phi) is 5.19. The van der Waals surface area contributed by atoms with Crippen LogP contribution in [0.3, 0.4) is 0 Å². The quantitative estimate of drug-likeness (QED) is 0.310. The van der Waals surface area contributed by atoms with E-state index in [0.717, 1.165) is 18.4 Å². The Hall–Kier alpha value is -3.97. The predicted octanol–water partition coefficient (Wildman–Crippen LogP) is 2.21. The van der Waals surface area contributed by atoms with Crippen LogP contribution < -0.4 is 11.4 Å². The van der Waals surface area contributed by atoms with Gasteiger partial charge in [-0.2, -0.15) is 17.9 Å². The molecule has 0 saturated heterocycles. The molecule has 12 nitrogen and oxygen atoms in total. The van der Waals surface area contributed by atoms with E-state index in [1.807, 2.05) is 6.92 Å². The summed E-state index contributed by atoms with van der Waals surface area (Å²) in [5.74, 6) is 1.18. The Morgan fingerprint density at radius 3 is 2.58 bits per heavy atom. The van der Waals surface area contributed by atoms with E-state index >= 15 is 0 Å². The number of nitrogens with two attached hydrogens (primary N) is 1. The molecular formula is C23H23N7O5S. The third-order valence-electron chi connectivity index (χ3n) is 6.20. The lowest BCUT2D eigenvalue weighted by Gasteiger charge is -2.07. The van der Waals surface area contributed by atoms with Crippen LogP contribution in [0.5, 0.6) is 0 Å². The first-order valence-corrected chi connectivity index (χ1v) is 12.9. The van der Waals surface area contributed by atoms with E-state index in [1.165, 1.54) is 27.5 Å². The van der Waals surface area contributed by atoms with E-state index in [0.29, 0.717) is 40.9 Å². The number of rotatable bonds is 8. The van der Waals surface area contributed by atoms with Gasteiger partial charge in [-0.1, -0.05) is 17.7 Å². The fraction of sp³-hybridized carbons (Fsp3) is 0.304. The van der Waals surface area contributed by atoms with Gasteiger partial charge in [0.1, 0.15) is 5.52 Å². The van der Waals surface area contributed by atoms with E-state index < -0.39 is 10.1 Å². The van der Waals surface area contributed by atoms with E-state index in [4.69, 9.17) is 14.3 Å². The first-order chi connectivity index (χ1) is 17.3. The molecule has 186 valence electrons. The van der Waals surface area contributed by atoms with E-state index in [1.54, 1.807) is 28.8 Å². The second-order valence-electron chi connectivity index (χ2n) is 8.87. The van der Waals surface area contributed by atoms with Crippen molar-refractivity contribution in [2.75, 3.05) is 12.3 Å². The van der Waals surface area contributed by atoms with Crippen LogP contribution in [0.25, 0.3) is 28.4 Å². The zero-order valence-corrected chi connectivity index (χ0v) is 20.2. The normalized spacial score (nSPS) is 14.2. The van der Waals surface area contributed by atoms with Gasteiger partial charge in [-0.3, -0.25) is 13.3 Å². The number of aromatic nitrogens is 6. The highest BCUT2D eigenvalue weighted by Gasteiger charge is 2.28. The van der Waals surface area contributed by atoms with Crippen LogP contribution in [0.4, 0.5) is 5.95 Å². The van der Waals surface area contributed by atoms with Crippen LogP contribution in [0.15, 0.2) is 56.8 Å². The predicted molar refractivity (Wildman–Crippen MR) is 130 cm³/mol. The van der Waals surface area contributed by atoms with Crippen molar-refractivity contribution in [1.82, 2.24) is 28.7 Å². The Balaban J connectivity index is 1.40. The van der Waals surface area contributed by atoms with Gasteiger partial charge in [-0.15, -0.1) is 5.10 Å². The molecule has 0 amide bonds. The minimum atomic E-state index is -3.98. The molecule has 1 aliphatic carbocycles. The van der Waals surface area contributed by atoms with Gasteiger partial charge in [0.25, 0.3) is 10.1 Å². The van der Waals surface area contributed by atoms with E-state index in [2.05, 4.69) is 15.1 Å². The zero-order valence-electron chi connectivity index (χ0n) is 19.4. The number of fused-ring (bicyclic) bond motifs is 3. The average molecular weight is 510 g/mol. The van der Waals surface area contributed by atoms with Gasteiger partial charge in [0, 0.05) is 6.54 Å². The summed E-state index contributed by atoms with van der Waals surface area (Å²) < 4.78 is 40.2. The molecule has 1 fully saturated rings. The molecule has 0 unspecified atom stereocenters. The summed E-state index contributed by atoms with van der Waals surface area (Å²) in [5, 5.41) is 4.41. The van der Waals surface area contributed by atoms with Gasteiger partial charge < -0.3 is 10.2 Å². The minimum absolute atomic E-state index is 0.0355. The number of hydrogen-bond donors (Lipinski definition) is 1. The highest BCUT2D eigenvalue weighted by Crippen LogP contribution is 2.32. The number of furan rings is 1. The molecule has 4 heterocycles. The number of hydrogen-bond acceptors (Lipinski definition) is 9. The topological polar surface area (TPSA) is 153 Å². The Morgan fingerprint density at radius 1 is 1.11 bits per heavy atom. The number of nitrogens with zero attached hydrogens (tertiary/aromatic N) is 6. The van der Waals surface area contributed by atoms with Gasteiger partial charge in [0.15, 0.2) is 17.1 Å². The van der Waals surface area contributed by atoms with Crippen molar-refractivity contribution in [2.45, 2.75) is 37.8 Å². The van der Waals surface area contributed by atoms with Gasteiger partial charge >= 0.3 is 5.69 Å². The maximum absolute atomic E-state index is 13.5. The maximum atomic E-state index is 13.5. The standard InChI is InChI=1S/C23H23N7O5S/c1-14-4-8-16(9-5-14)36(32,33)35-12-10-28-20-18(29(23(28)31)13-15-6-7-15)21-25-19(17-3-2-11-34-17)27-30(21)22(24)26-20/h2-5,8-9,11,15H,6-7,10,12-13H2,1H3,(H2,24,26). The maximum Gasteiger partial charge on any atom is 0.330 e. The molecule has 1 saturated carbocycles. The van der Waals surface area contributed by atoms with Gasteiger partial charge in [-0.05, 0) is 49.9 Å². The summed E-state index contributed by atoms with van der Waals surface area (Å²) >= 11 is 0. The molecule has 36 heavy (non-hydrogen) atoms. The van der Waals surface area contributed by atoms with Crippen molar-refractivity contribution in [3.05, 3.63) is 58.7 Å². The Labute approximate surface area is 205 Å². The highest BCUT2D eigenvalue weighted by atomic mass is 32.2. The monoisotopic (exact) mass is 509 g/mol. The fourth-order valence-electron chi connectivity index (χ4n) is 4.15. The van der Waals surface area contributed by atoms with Crippen LogP contribution >= 0.6 is 0 Å². The zero-order chi connectivity index (χ0) is 25.0. The lowest BCUT2D eigenvalue weighted by atomic mass is 10.2. The SMILES string of the molecule is Cc1ccc(S(=O)(=O)OCCn2c(=O)n(CC3CC3)c3c2nc(N)n2nc(-c4ccco4)nc32)cc1. The number of benzene rings is 1. The molecule has 5 aromatic rings. The molecule has 0 bridgehead atoms. The van der Waals surface area contributed by atoms with E-state index in [9.17, 15) is 13.2 Å². The molecule has 0 aliphatic heterocycles. The third-order valence-corrected chi connectivity index (χ3v) is 7.52. The summed E-state index contributed by atoms with van der Waals surface area (Å²) in [4.78, 5) is 22.5. The molecule has 13 heteroatoms. The molecule has 0 spiro atoms. The van der Waals surface area contributed by atoms with Crippen LogP contribution in [0.2, 0.25) is 0 Å². The summed E-state index contributed by atoms with van der Waals surface area (Å²) in [6.07, 6.45) is 3.57. The van der Waals surface area contributed by atoms with Crippen LogP contribution in [-0.4, -0.2) is 43.7 Å². The second kappa shape index (κ2) is 8.31. The molecule has 2 N–H and O–H groups in total. The number of nitrogen functional groups attached to an aromatic ring is 1. The summed E-state index contributed by atoms with van der Waals surface area (Å²) in [7, 11) is -3.98. The lowest BCUT2D eigenvalue weighted by molar-refractivity contribution is 0.299. The number of imidazole rings is 1. The van der Waals surface area contributed by atoms with Crippen molar-refractivity contribution in [2.24, 2.45) is 5.92 Å². The molecule has 4 aromatic heterocycles.